The molecule has 2 fully saturated rings. The number of piperidine rings is 1. The van der Waals surface area contributed by atoms with Crippen molar-refractivity contribution in [1.29, 1.82) is 0 Å². The van der Waals surface area contributed by atoms with Crippen molar-refractivity contribution in [3.8, 4) is 0 Å². The van der Waals surface area contributed by atoms with Gasteiger partial charge in [0.2, 0.25) is 5.91 Å². The van der Waals surface area contributed by atoms with Gasteiger partial charge in [-0.1, -0.05) is 26.7 Å². The molecule has 114 valence electrons. The molecule has 1 saturated heterocycles. The zero-order valence-corrected chi connectivity index (χ0v) is 12.9. The molecule has 1 saturated carbocycles. The summed E-state index contributed by atoms with van der Waals surface area (Å²) in [7, 11) is 0. The molecule has 1 aliphatic heterocycles. The average Bonchev–Trinajstić information content (AvgIpc) is 2.83. The standard InChI is InChI=1S/C16H27NO3/c1-4-16(7-5-6-8-16)10-17-12(3)14(15(19)20)11(2)9-13(17)18/h11-12,14H,4-10H2,1-3H3,(H,19,20). The molecule has 0 spiro atoms. The Labute approximate surface area is 121 Å². The molecule has 4 nitrogen and oxygen atoms in total. The van der Waals surface area contributed by atoms with Crippen LogP contribution in [0.1, 0.15) is 59.3 Å². The second kappa shape index (κ2) is 5.74. The Morgan fingerprint density at radius 3 is 2.45 bits per heavy atom. The van der Waals surface area contributed by atoms with Crippen molar-refractivity contribution in [3.05, 3.63) is 0 Å². The van der Waals surface area contributed by atoms with E-state index in [9.17, 15) is 14.7 Å². The Hall–Kier alpha value is -1.06. The van der Waals surface area contributed by atoms with E-state index >= 15 is 0 Å². The Morgan fingerprint density at radius 2 is 1.95 bits per heavy atom. The van der Waals surface area contributed by atoms with Crippen molar-refractivity contribution in [2.45, 2.75) is 65.3 Å². The van der Waals surface area contributed by atoms with E-state index in [1.807, 2.05) is 18.7 Å². The summed E-state index contributed by atoms with van der Waals surface area (Å²) in [6, 6.07) is -0.187. The number of hydrogen-bond donors (Lipinski definition) is 1. The van der Waals surface area contributed by atoms with Gasteiger partial charge in [-0.05, 0) is 37.5 Å². The van der Waals surface area contributed by atoms with Crippen LogP contribution in [0.25, 0.3) is 0 Å². The lowest BCUT2D eigenvalue weighted by molar-refractivity contribution is -0.156. The average molecular weight is 281 g/mol. The normalized spacial score (nSPS) is 33.5. The molecule has 2 rings (SSSR count). The smallest absolute Gasteiger partial charge is 0.308 e. The Kier molecular flexibility index (Phi) is 4.40. The highest BCUT2D eigenvalue weighted by atomic mass is 16.4. The lowest BCUT2D eigenvalue weighted by Gasteiger charge is -2.45. The third-order valence-corrected chi connectivity index (χ3v) is 5.65. The van der Waals surface area contributed by atoms with Gasteiger partial charge in [0.1, 0.15) is 0 Å². The zero-order valence-electron chi connectivity index (χ0n) is 12.9. The molecule has 0 bridgehead atoms. The third kappa shape index (κ3) is 2.70. The number of carboxylic acids is 1. The largest absolute Gasteiger partial charge is 0.481 e. The van der Waals surface area contributed by atoms with Gasteiger partial charge in [-0.3, -0.25) is 9.59 Å². The van der Waals surface area contributed by atoms with E-state index in [1.54, 1.807) is 0 Å². The van der Waals surface area contributed by atoms with Gasteiger partial charge < -0.3 is 10.0 Å². The van der Waals surface area contributed by atoms with Crippen molar-refractivity contribution < 1.29 is 14.7 Å². The van der Waals surface area contributed by atoms with Gasteiger partial charge in [0, 0.05) is 19.0 Å². The maximum absolute atomic E-state index is 12.4. The molecular formula is C16H27NO3. The second-order valence-electron chi connectivity index (χ2n) is 6.87. The molecule has 0 aromatic heterocycles. The first kappa shape index (κ1) is 15.3. The van der Waals surface area contributed by atoms with Crippen LogP contribution in [0, 0.1) is 17.3 Å². The summed E-state index contributed by atoms with van der Waals surface area (Å²) in [6.07, 6.45) is 6.28. The third-order valence-electron chi connectivity index (χ3n) is 5.65. The molecule has 1 heterocycles. The maximum Gasteiger partial charge on any atom is 0.308 e. The fourth-order valence-corrected chi connectivity index (χ4v) is 4.21. The first-order valence-corrected chi connectivity index (χ1v) is 7.92. The number of carbonyl (C=O) groups excluding carboxylic acids is 1. The molecule has 1 N–H and O–H groups in total. The number of likely N-dealkylation sites (tertiary alicyclic amines) is 1. The minimum absolute atomic E-state index is 0.0626. The van der Waals surface area contributed by atoms with Crippen LogP contribution in [0.2, 0.25) is 0 Å². The number of hydrogen-bond acceptors (Lipinski definition) is 2. The van der Waals surface area contributed by atoms with Gasteiger partial charge in [0.25, 0.3) is 0 Å². The molecule has 1 aliphatic carbocycles. The van der Waals surface area contributed by atoms with Crippen molar-refractivity contribution in [1.82, 2.24) is 4.90 Å². The predicted octanol–water partition coefficient (Wildman–Crippen LogP) is 2.91. The Morgan fingerprint density at radius 1 is 1.35 bits per heavy atom. The van der Waals surface area contributed by atoms with Gasteiger partial charge in [-0.2, -0.15) is 0 Å². The lowest BCUT2D eigenvalue weighted by Crippen LogP contribution is -2.55. The highest BCUT2D eigenvalue weighted by Gasteiger charge is 2.45. The van der Waals surface area contributed by atoms with Crippen molar-refractivity contribution in [2.75, 3.05) is 6.54 Å². The summed E-state index contributed by atoms with van der Waals surface area (Å²) in [4.78, 5) is 25.7. The number of amides is 1. The molecule has 0 aromatic rings. The van der Waals surface area contributed by atoms with Gasteiger partial charge >= 0.3 is 5.97 Å². The highest BCUT2D eigenvalue weighted by molar-refractivity contribution is 5.81. The van der Waals surface area contributed by atoms with Crippen LogP contribution in [0.5, 0.6) is 0 Å². The van der Waals surface area contributed by atoms with Crippen molar-refractivity contribution in [3.63, 3.8) is 0 Å². The summed E-state index contributed by atoms with van der Waals surface area (Å²) in [5, 5.41) is 9.43. The minimum Gasteiger partial charge on any atom is -0.481 e. The van der Waals surface area contributed by atoms with E-state index in [1.165, 1.54) is 25.7 Å². The monoisotopic (exact) mass is 281 g/mol. The van der Waals surface area contributed by atoms with Gasteiger partial charge in [0.05, 0.1) is 5.92 Å². The van der Waals surface area contributed by atoms with E-state index in [4.69, 9.17) is 0 Å². The molecule has 4 heteroatoms. The first-order chi connectivity index (χ1) is 9.40. The number of aliphatic carboxylic acids is 1. The molecule has 0 aromatic carbocycles. The summed E-state index contributed by atoms with van der Waals surface area (Å²) in [5.41, 5.74) is 0.230. The highest BCUT2D eigenvalue weighted by Crippen LogP contribution is 2.43. The molecule has 3 unspecified atom stereocenters. The molecule has 2 aliphatic rings. The van der Waals surface area contributed by atoms with Crippen LogP contribution in [0.4, 0.5) is 0 Å². The van der Waals surface area contributed by atoms with Crippen molar-refractivity contribution in [2.24, 2.45) is 17.3 Å². The predicted molar refractivity (Wildman–Crippen MR) is 77.3 cm³/mol. The fourth-order valence-electron chi connectivity index (χ4n) is 4.21. The Balaban J connectivity index is 2.16. The van der Waals surface area contributed by atoms with E-state index in [0.29, 0.717) is 6.42 Å². The van der Waals surface area contributed by atoms with Crippen LogP contribution in [0.3, 0.4) is 0 Å². The lowest BCUT2D eigenvalue weighted by atomic mass is 9.77. The summed E-state index contributed by atoms with van der Waals surface area (Å²) < 4.78 is 0. The molecule has 20 heavy (non-hydrogen) atoms. The van der Waals surface area contributed by atoms with Gasteiger partial charge in [-0.25, -0.2) is 0 Å². The SMILES string of the molecule is CCC1(CN2C(=O)CC(C)C(C(=O)O)C2C)CCCC1. The fraction of sp³-hybridized carbons (Fsp3) is 0.875. The van der Waals surface area contributed by atoms with Crippen LogP contribution >= 0.6 is 0 Å². The number of nitrogens with zero attached hydrogens (tertiary/aromatic N) is 1. The van der Waals surface area contributed by atoms with E-state index < -0.39 is 11.9 Å². The summed E-state index contributed by atoms with van der Waals surface area (Å²) >= 11 is 0. The number of carboxylic acid groups (broad SMARTS) is 1. The minimum atomic E-state index is -0.764. The van der Waals surface area contributed by atoms with Crippen molar-refractivity contribution >= 4 is 11.9 Å². The second-order valence-corrected chi connectivity index (χ2v) is 6.87. The maximum atomic E-state index is 12.4. The first-order valence-electron chi connectivity index (χ1n) is 7.92. The topological polar surface area (TPSA) is 57.6 Å². The summed E-state index contributed by atoms with van der Waals surface area (Å²) in [5.74, 6) is -1.11. The van der Waals surface area contributed by atoms with Gasteiger partial charge in [-0.15, -0.1) is 0 Å². The van der Waals surface area contributed by atoms with E-state index in [0.717, 1.165) is 13.0 Å². The van der Waals surface area contributed by atoms with E-state index in [2.05, 4.69) is 6.92 Å². The van der Waals surface area contributed by atoms with Crippen LogP contribution in [0.15, 0.2) is 0 Å². The quantitative estimate of drug-likeness (QED) is 0.862. The number of rotatable bonds is 4. The Bertz CT molecular complexity index is 387. The number of carbonyl (C=O) groups is 2. The zero-order chi connectivity index (χ0) is 14.9. The summed E-state index contributed by atoms with van der Waals surface area (Å²) in [6.45, 7) is 6.74. The molecular weight excluding hydrogens is 254 g/mol. The van der Waals surface area contributed by atoms with Crippen LogP contribution in [-0.4, -0.2) is 34.5 Å². The van der Waals surface area contributed by atoms with Crippen LogP contribution in [-0.2, 0) is 9.59 Å². The van der Waals surface area contributed by atoms with Crippen LogP contribution < -0.4 is 0 Å². The van der Waals surface area contributed by atoms with E-state index in [-0.39, 0.29) is 23.3 Å². The van der Waals surface area contributed by atoms with Gasteiger partial charge in [0.15, 0.2) is 0 Å². The molecule has 3 atom stereocenters. The molecule has 0 radical (unpaired) electrons. The molecule has 1 amide bonds.